The number of nitrogens with one attached hydrogen (secondary N) is 1. The van der Waals surface area contributed by atoms with Crippen LogP contribution in [0.5, 0.6) is 0 Å². The summed E-state index contributed by atoms with van der Waals surface area (Å²) in [5, 5.41) is 6.74. The van der Waals surface area contributed by atoms with Crippen molar-refractivity contribution >= 4 is 5.91 Å². The molecule has 0 radical (unpaired) electrons. The highest BCUT2D eigenvalue weighted by Gasteiger charge is 2.20. The van der Waals surface area contributed by atoms with E-state index < -0.39 is 5.91 Å². The molecule has 2 rings (SSSR count). The van der Waals surface area contributed by atoms with Crippen molar-refractivity contribution in [3.63, 3.8) is 0 Å². The van der Waals surface area contributed by atoms with Crippen LogP contribution >= 0.6 is 0 Å². The molecule has 0 atom stereocenters. The summed E-state index contributed by atoms with van der Waals surface area (Å²) in [5.41, 5.74) is 4.97. The number of primary amides is 1. The number of aromatic nitrogens is 2. The van der Waals surface area contributed by atoms with Crippen LogP contribution in [0, 0.1) is 0 Å². The third kappa shape index (κ3) is 2.29. The van der Waals surface area contributed by atoms with Crippen molar-refractivity contribution in [2.24, 2.45) is 5.73 Å². The fourth-order valence-electron chi connectivity index (χ4n) is 1.13. The second-order valence-corrected chi connectivity index (χ2v) is 3.35. The molecule has 1 aromatic rings. The quantitative estimate of drug-likeness (QED) is 0.659. The molecule has 1 heterocycles. The second-order valence-electron chi connectivity index (χ2n) is 3.35. The fourth-order valence-corrected chi connectivity index (χ4v) is 1.13. The highest BCUT2D eigenvalue weighted by atomic mass is 16.5. The first-order valence-corrected chi connectivity index (χ1v) is 4.61. The Bertz CT molecular complexity index is 332. The van der Waals surface area contributed by atoms with Gasteiger partial charge in [-0.15, -0.1) is 0 Å². The third-order valence-electron chi connectivity index (χ3n) is 2.04. The molecule has 0 saturated heterocycles. The molecule has 0 aromatic carbocycles. The average Bonchev–Trinajstić information content (AvgIpc) is 2.82. The van der Waals surface area contributed by atoms with Crippen molar-refractivity contribution in [3.05, 3.63) is 11.7 Å². The van der Waals surface area contributed by atoms with E-state index in [0.717, 1.165) is 6.54 Å². The Morgan fingerprint density at radius 1 is 1.64 bits per heavy atom. The van der Waals surface area contributed by atoms with Gasteiger partial charge in [0.15, 0.2) is 0 Å². The largest absolute Gasteiger partial charge is 0.363 e. The van der Waals surface area contributed by atoms with E-state index in [1.165, 1.54) is 12.8 Å². The molecule has 3 N–H and O–H groups in total. The van der Waals surface area contributed by atoms with Gasteiger partial charge in [-0.2, -0.15) is 4.98 Å². The summed E-state index contributed by atoms with van der Waals surface area (Å²) >= 11 is 0. The molecule has 1 aliphatic carbocycles. The molecule has 0 bridgehead atoms. The predicted octanol–water partition coefficient (Wildman–Crippen LogP) is -0.537. The number of rotatable bonds is 5. The summed E-state index contributed by atoms with van der Waals surface area (Å²) in [6.07, 6.45) is 3.13. The van der Waals surface area contributed by atoms with Crippen molar-refractivity contribution in [2.75, 3.05) is 6.54 Å². The number of hydrogen-bond acceptors (Lipinski definition) is 5. The van der Waals surface area contributed by atoms with Crippen LogP contribution in [0.15, 0.2) is 4.52 Å². The highest BCUT2D eigenvalue weighted by molar-refractivity contribution is 5.88. The first-order chi connectivity index (χ1) is 6.75. The van der Waals surface area contributed by atoms with Gasteiger partial charge in [0.05, 0.1) is 0 Å². The molecule has 76 valence electrons. The molecule has 1 aromatic heterocycles. The van der Waals surface area contributed by atoms with Crippen LogP contribution in [0.3, 0.4) is 0 Å². The molecular formula is C8H12N4O2. The standard InChI is InChI=1S/C8H12N4O2/c9-7(13)8-11-6(14-12-8)3-4-10-5-1-2-5/h5,10H,1-4H2,(H2,9,13). The number of nitrogens with two attached hydrogens (primary N) is 1. The van der Waals surface area contributed by atoms with Gasteiger partial charge in [-0.3, -0.25) is 4.79 Å². The Hall–Kier alpha value is -1.43. The predicted molar refractivity (Wildman–Crippen MR) is 47.5 cm³/mol. The van der Waals surface area contributed by atoms with Gasteiger partial charge in [-0.05, 0) is 12.8 Å². The van der Waals surface area contributed by atoms with E-state index in [1.54, 1.807) is 0 Å². The van der Waals surface area contributed by atoms with Crippen LogP contribution in [0.2, 0.25) is 0 Å². The van der Waals surface area contributed by atoms with Crippen molar-refractivity contribution in [3.8, 4) is 0 Å². The van der Waals surface area contributed by atoms with E-state index >= 15 is 0 Å². The minimum Gasteiger partial charge on any atom is -0.363 e. The van der Waals surface area contributed by atoms with Crippen molar-refractivity contribution < 1.29 is 9.32 Å². The molecule has 6 heteroatoms. The summed E-state index contributed by atoms with van der Waals surface area (Å²) in [4.78, 5) is 14.5. The smallest absolute Gasteiger partial charge is 0.290 e. The Kier molecular flexibility index (Phi) is 2.45. The van der Waals surface area contributed by atoms with Gasteiger partial charge in [0.25, 0.3) is 11.7 Å². The lowest BCUT2D eigenvalue weighted by Crippen LogP contribution is -2.19. The Labute approximate surface area is 80.9 Å². The topological polar surface area (TPSA) is 94.0 Å². The maximum absolute atomic E-state index is 10.6. The van der Waals surface area contributed by atoms with Gasteiger partial charge in [0, 0.05) is 19.0 Å². The maximum Gasteiger partial charge on any atom is 0.290 e. The zero-order valence-corrected chi connectivity index (χ0v) is 7.69. The number of nitrogens with zero attached hydrogens (tertiary/aromatic N) is 2. The van der Waals surface area contributed by atoms with Gasteiger partial charge >= 0.3 is 0 Å². The number of carbonyl (C=O) groups is 1. The number of amides is 1. The Morgan fingerprint density at radius 2 is 2.43 bits per heavy atom. The van der Waals surface area contributed by atoms with E-state index in [2.05, 4.69) is 15.5 Å². The van der Waals surface area contributed by atoms with Crippen LogP contribution in [0.4, 0.5) is 0 Å². The molecule has 6 nitrogen and oxygen atoms in total. The van der Waals surface area contributed by atoms with Crippen LogP contribution in [-0.4, -0.2) is 28.6 Å². The van der Waals surface area contributed by atoms with Crippen molar-refractivity contribution in [1.29, 1.82) is 0 Å². The third-order valence-corrected chi connectivity index (χ3v) is 2.04. The van der Waals surface area contributed by atoms with E-state index in [0.29, 0.717) is 18.4 Å². The number of hydrogen-bond donors (Lipinski definition) is 2. The van der Waals surface area contributed by atoms with E-state index in [4.69, 9.17) is 10.3 Å². The first kappa shape index (κ1) is 9.14. The van der Waals surface area contributed by atoms with E-state index in [-0.39, 0.29) is 5.82 Å². The van der Waals surface area contributed by atoms with Crippen LogP contribution in [0.1, 0.15) is 29.4 Å². The highest BCUT2D eigenvalue weighted by Crippen LogP contribution is 2.18. The minimum atomic E-state index is -0.657. The summed E-state index contributed by atoms with van der Waals surface area (Å²) in [5.74, 6) is -0.256. The van der Waals surface area contributed by atoms with Gasteiger partial charge in [0.1, 0.15) is 0 Å². The van der Waals surface area contributed by atoms with E-state index in [1.807, 2.05) is 0 Å². The molecule has 1 amide bonds. The van der Waals surface area contributed by atoms with Crippen LogP contribution in [0.25, 0.3) is 0 Å². The Morgan fingerprint density at radius 3 is 3.00 bits per heavy atom. The number of carbonyl (C=O) groups excluding carboxylic acids is 1. The van der Waals surface area contributed by atoms with Crippen molar-refractivity contribution in [2.45, 2.75) is 25.3 Å². The molecule has 0 spiro atoms. The monoisotopic (exact) mass is 196 g/mol. The molecule has 1 saturated carbocycles. The van der Waals surface area contributed by atoms with Gasteiger partial charge in [0.2, 0.25) is 5.89 Å². The molecule has 0 aliphatic heterocycles. The Balaban J connectivity index is 1.79. The van der Waals surface area contributed by atoms with Gasteiger partial charge in [-0.1, -0.05) is 5.16 Å². The van der Waals surface area contributed by atoms with E-state index in [9.17, 15) is 4.79 Å². The summed E-state index contributed by atoms with van der Waals surface area (Å²) in [6.45, 7) is 0.797. The molecule has 1 aliphatic rings. The van der Waals surface area contributed by atoms with Gasteiger partial charge in [-0.25, -0.2) is 0 Å². The lowest BCUT2D eigenvalue weighted by atomic mass is 10.4. The zero-order valence-electron chi connectivity index (χ0n) is 7.69. The van der Waals surface area contributed by atoms with Gasteiger partial charge < -0.3 is 15.6 Å². The minimum absolute atomic E-state index is 0.0496. The normalized spacial score (nSPS) is 15.7. The second kappa shape index (κ2) is 3.75. The average molecular weight is 196 g/mol. The maximum atomic E-state index is 10.6. The molecule has 1 fully saturated rings. The first-order valence-electron chi connectivity index (χ1n) is 4.61. The summed E-state index contributed by atoms with van der Waals surface area (Å²) < 4.78 is 4.83. The molecule has 0 unspecified atom stereocenters. The summed E-state index contributed by atoms with van der Waals surface area (Å²) in [7, 11) is 0. The van der Waals surface area contributed by atoms with Crippen molar-refractivity contribution in [1.82, 2.24) is 15.5 Å². The summed E-state index contributed by atoms with van der Waals surface area (Å²) in [6, 6.07) is 0.661. The zero-order chi connectivity index (χ0) is 9.97. The lowest BCUT2D eigenvalue weighted by Gasteiger charge is -1.96. The fraction of sp³-hybridized carbons (Fsp3) is 0.625. The SMILES string of the molecule is NC(=O)c1noc(CCNC2CC2)n1. The lowest BCUT2D eigenvalue weighted by molar-refractivity contribution is 0.0987. The molecule has 14 heavy (non-hydrogen) atoms. The van der Waals surface area contributed by atoms with Crippen LogP contribution < -0.4 is 11.1 Å². The molecular weight excluding hydrogens is 184 g/mol. The van der Waals surface area contributed by atoms with Crippen LogP contribution in [-0.2, 0) is 6.42 Å².